The van der Waals surface area contributed by atoms with Crippen LogP contribution >= 0.6 is 0 Å². The molecule has 0 radical (unpaired) electrons. The molecule has 0 spiro atoms. The summed E-state index contributed by atoms with van der Waals surface area (Å²) in [5.74, 6) is 6.10. The highest BCUT2D eigenvalue weighted by Gasteiger charge is 2.27. The zero-order valence-electron chi connectivity index (χ0n) is 24.1. The Bertz CT molecular complexity index is 1520. The number of likely N-dealkylation sites (tertiary alicyclic amines) is 1. The molecule has 6 bridgehead atoms. The van der Waals surface area contributed by atoms with Crippen molar-refractivity contribution in [1.82, 2.24) is 19.8 Å². The van der Waals surface area contributed by atoms with Gasteiger partial charge in [-0.1, -0.05) is 30.2 Å². The van der Waals surface area contributed by atoms with E-state index in [2.05, 4.69) is 57.6 Å². The fraction of sp³-hybridized carbons (Fsp3) is 0.333. The second-order valence-corrected chi connectivity index (χ2v) is 10.6. The number of anilines is 3. The Kier molecular flexibility index (Phi) is 9.47. The van der Waals surface area contributed by atoms with Crippen molar-refractivity contribution in [2.45, 2.75) is 32.7 Å². The predicted octanol–water partition coefficient (Wildman–Crippen LogP) is 4.86. The van der Waals surface area contributed by atoms with Crippen LogP contribution in [0.25, 0.3) is 11.3 Å². The van der Waals surface area contributed by atoms with E-state index in [1.807, 2.05) is 42.5 Å². The standard InChI is InChI=1S/C33H36N6O3/c1-3-8-31(40)39-16-12-25(13-17-39)32(41)35-27-19-24-20-28(22-27)36-33-34-14-11-30(37-33)26-9-7-10-29(21-26)42-18-6-4-5-15-38(2)23-24/h4-5,7,9-11,14,19-22,25H,6,12-13,15-18,23H2,1-2H3,(H,35,41)(H,34,36,37)/b5-4+. The van der Waals surface area contributed by atoms with E-state index >= 15 is 0 Å². The summed E-state index contributed by atoms with van der Waals surface area (Å²) in [5, 5.41) is 6.47. The number of carbonyl (C=O) groups is 2. The first-order valence-corrected chi connectivity index (χ1v) is 14.3. The normalized spacial score (nSPS) is 16.9. The van der Waals surface area contributed by atoms with Gasteiger partial charge in [0.2, 0.25) is 11.9 Å². The van der Waals surface area contributed by atoms with Crippen LogP contribution in [0.5, 0.6) is 5.75 Å². The SMILES string of the molecule is CC#CC(=O)N1CCC(C(=O)Nc2cc3cc(c2)Nc2nccc(n2)-c2cccc(c2)OCC/C=C/CN(C)C3)CC1. The number of benzene rings is 2. The van der Waals surface area contributed by atoms with Crippen LogP contribution in [0.4, 0.5) is 17.3 Å². The Labute approximate surface area is 247 Å². The number of nitrogens with zero attached hydrogens (tertiary/aromatic N) is 4. The van der Waals surface area contributed by atoms with Crippen molar-refractivity contribution >= 4 is 29.1 Å². The molecule has 2 aliphatic heterocycles. The molecule has 9 nitrogen and oxygen atoms in total. The summed E-state index contributed by atoms with van der Waals surface area (Å²) in [7, 11) is 2.06. The third kappa shape index (κ3) is 7.74. The largest absolute Gasteiger partial charge is 0.493 e. The van der Waals surface area contributed by atoms with Crippen molar-refractivity contribution in [3.8, 4) is 28.8 Å². The van der Waals surface area contributed by atoms with E-state index in [0.717, 1.165) is 41.2 Å². The summed E-state index contributed by atoms with van der Waals surface area (Å²) in [4.78, 5) is 38.5. The molecule has 3 heterocycles. The quantitative estimate of drug-likeness (QED) is 0.339. The van der Waals surface area contributed by atoms with Crippen molar-refractivity contribution in [2.24, 2.45) is 5.92 Å². The van der Waals surface area contributed by atoms with Crippen LogP contribution in [0.15, 0.2) is 66.9 Å². The Morgan fingerprint density at radius 2 is 1.95 bits per heavy atom. The van der Waals surface area contributed by atoms with E-state index < -0.39 is 0 Å². The first kappa shape index (κ1) is 28.8. The maximum Gasteiger partial charge on any atom is 0.298 e. The molecular formula is C33H36N6O3. The average molecular weight is 565 g/mol. The third-order valence-electron chi connectivity index (χ3n) is 7.28. The Morgan fingerprint density at radius 1 is 1.10 bits per heavy atom. The van der Waals surface area contributed by atoms with Gasteiger partial charge in [0.25, 0.3) is 5.91 Å². The Hall–Kier alpha value is -4.68. The highest BCUT2D eigenvalue weighted by atomic mass is 16.5. The molecule has 0 aliphatic carbocycles. The summed E-state index contributed by atoms with van der Waals surface area (Å²) in [6.45, 7) is 4.76. The van der Waals surface area contributed by atoms with Gasteiger partial charge in [0.05, 0.1) is 12.3 Å². The zero-order valence-corrected chi connectivity index (χ0v) is 24.1. The molecule has 1 aromatic heterocycles. The Morgan fingerprint density at radius 3 is 2.79 bits per heavy atom. The number of aromatic nitrogens is 2. The first-order chi connectivity index (χ1) is 20.5. The lowest BCUT2D eigenvalue weighted by Gasteiger charge is -2.30. The molecule has 2 aromatic carbocycles. The summed E-state index contributed by atoms with van der Waals surface area (Å²) in [5.41, 5.74) is 4.24. The highest BCUT2D eigenvalue weighted by molar-refractivity contribution is 5.95. The molecule has 0 unspecified atom stereocenters. The molecule has 0 saturated carbocycles. The molecule has 42 heavy (non-hydrogen) atoms. The zero-order chi connectivity index (χ0) is 29.3. The van der Waals surface area contributed by atoms with Crippen molar-refractivity contribution in [2.75, 3.05) is 43.9 Å². The summed E-state index contributed by atoms with van der Waals surface area (Å²) >= 11 is 0. The number of hydrogen-bond acceptors (Lipinski definition) is 7. The molecule has 1 saturated heterocycles. The van der Waals surface area contributed by atoms with Gasteiger partial charge in [-0.2, -0.15) is 0 Å². The van der Waals surface area contributed by atoms with E-state index in [1.165, 1.54) is 0 Å². The van der Waals surface area contributed by atoms with Gasteiger partial charge in [-0.25, -0.2) is 9.97 Å². The van der Waals surface area contributed by atoms with Gasteiger partial charge in [0.15, 0.2) is 0 Å². The van der Waals surface area contributed by atoms with Gasteiger partial charge in [0.1, 0.15) is 5.75 Å². The van der Waals surface area contributed by atoms with Gasteiger partial charge >= 0.3 is 0 Å². The van der Waals surface area contributed by atoms with Crippen LogP contribution in [0, 0.1) is 17.8 Å². The molecular weight excluding hydrogens is 528 g/mol. The second kappa shape index (κ2) is 13.8. The summed E-state index contributed by atoms with van der Waals surface area (Å²) in [6.07, 6.45) is 8.04. The van der Waals surface area contributed by atoms with Crippen molar-refractivity contribution in [3.63, 3.8) is 0 Å². The second-order valence-electron chi connectivity index (χ2n) is 10.6. The Balaban J connectivity index is 1.38. The van der Waals surface area contributed by atoms with Crippen LogP contribution in [0.3, 0.4) is 0 Å². The maximum atomic E-state index is 13.3. The number of likely N-dealkylation sites (N-methyl/N-ethyl adjacent to an activating group) is 1. The lowest BCUT2D eigenvalue weighted by molar-refractivity contribution is -0.129. The lowest BCUT2D eigenvalue weighted by Crippen LogP contribution is -2.41. The molecule has 3 aromatic rings. The number of fused-ring (bicyclic) bond motifs is 7. The van der Waals surface area contributed by atoms with Gasteiger partial charge in [-0.05, 0) is 81.1 Å². The van der Waals surface area contributed by atoms with E-state index in [-0.39, 0.29) is 17.7 Å². The highest BCUT2D eigenvalue weighted by Crippen LogP contribution is 2.27. The van der Waals surface area contributed by atoms with Gasteiger partial charge in [-0.15, -0.1) is 0 Å². The summed E-state index contributed by atoms with van der Waals surface area (Å²) < 4.78 is 5.96. The van der Waals surface area contributed by atoms with Crippen LogP contribution in [-0.2, 0) is 16.1 Å². The molecule has 2 amide bonds. The minimum atomic E-state index is -0.178. The lowest BCUT2D eigenvalue weighted by atomic mass is 9.95. The summed E-state index contributed by atoms with van der Waals surface area (Å²) in [6, 6.07) is 15.7. The maximum absolute atomic E-state index is 13.3. The smallest absolute Gasteiger partial charge is 0.298 e. The van der Waals surface area contributed by atoms with Crippen LogP contribution in [0.1, 0.15) is 31.7 Å². The third-order valence-corrected chi connectivity index (χ3v) is 7.28. The van der Waals surface area contributed by atoms with Gasteiger partial charge in [-0.3, -0.25) is 14.5 Å². The minimum absolute atomic E-state index is 0.0436. The first-order valence-electron chi connectivity index (χ1n) is 14.3. The van der Waals surface area contributed by atoms with E-state index in [9.17, 15) is 9.59 Å². The number of hydrogen-bond donors (Lipinski definition) is 2. The predicted molar refractivity (Wildman–Crippen MR) is 164 cm³/mol. The molecule has 0 atom stereocenters. The van der Waals surface area contributed by atoms with E-state index in [1.54, 1.807) is 18.0 Å². The molecule has 2 N–H and O–H groups in total. The average Bonchev–Trinajstić information content (AvgIpc) is 2.99. The fourth-order valence-electron chi connectivity index (χ4n) is 5.15. The van der Waals surface area contributed by atoms with E-state index in [0.29, 0.717) is 50.7 Å². The van der Waals surface area contributed by atoms with Crippen molar-refractivity contribution in [3.05, 3.63) is 72.4 Å². The van der Waals surface area contributed by atoms with Gasteiger partial charge < -0.3 is 20.3 Å². The number of amides is 2. The van der Waals surface area contributed by atoms with Crippen molar-refractivity contribution in [1.29, 1.82) is 0 Å². The van der Waals surface area contributed by atoms with Crippen LogP contribution in [-0.4, -0.2) is 64.9 Å². The fourth-order valence-corrected chi connectivity index (χ4v) is 5.15. The molecule has 1 fully saturated rings. The van der Waals surface area contributed by atoms with Gasteiger partial charge in [0, 0.05) is 55.2 Å². The molecule has 2 aliphatic rings. The molecule has 5 rings (SSSR count). The number of piperidine rings is 1. The molecule has 216 valence electrons. The monoisotopic (exact) mass is 564 g/mol. The molecule has 9 heteroatoms. The number of rotatable bonds is 2. The van der Waals surface area contributed by atoms with E-state index in [4.69, 9.17) is 9.72 Å². The number of nitrogens with one attached hydrogen (secondary N) is 2. The van der Waals surface area contributed by atoms with Crippen molar-refractivity contribution < 1.29 is 14.3 Å². The topological polar surface area (TPSA) is 99.7 Å². The van der Waals surface area contributed by atoms with Crippen LogP contribution in [0.2, 0.25) is 0 Å². The number of ether oxygens (including phenoxy) is 1. The van der Waals surface area contributed by atoms with Crippen LogP contribution < -0.4 is 15.4 Å². The number of carbonyl (C=O) groups excluding carboxylic acids is 2. The minimum Gasteiger partial charge on any atom is -0.493 e.